The van der Waals surface area contributed by atoms with Gasteiger partial charge in [-0.3, -0.25) is 9.59 Å². The maximum atomic E-state index is 11.9. The maximum Gasteiger partial charge on any atom is 0.232 e. The summed E-state index contributed by atoms with van der Waals surface area (Å²) >= 11 is 0. The van der Waals surface area contributed by atoms with Crippen molar-refractivity contribution >= 4 is 28.5 Å². The smallest absolute Gasteiger partial charge is 0.232 e. The summed E-state index contributed by atoms with van der Waals surface area (Å²) in [5.74, 6) is -0.631. The van der Waals surface area contributed by atoms with E-state index >= 15 is 0 Å². The van der Waals surface area contributed by atoms with E-state index in [1.165, 1.54) is 6.33 Å². The fourth-order valence-corrected chi connectivity index (χ4v) is 2.39. The number of nitrogens with one attached hydrogen (secondary N) is 2. The lowest BCUT2D eigenvalue weighted by molar-refractivity contribution is -0.133. The molecule has 0 unspecified atom stereocenters. The number of carbonyl (C=O) groups is 2. The highest BCUT2D eigenvalue weighted by atomic mass is 16.2. The van der Waals surface area contributed by atoms with Gasteiger partial charge in [-0.2, -0.15) is 0 Å². The number of nitrogen functional groups attached to an aromatic ring is 1. The number of amides is 2. The van der Waals surface area contributed by atoms with Crippen LogP contribution in [0.1, 0.15) is 12.0 Å². The van der Waals surface area contributed by atoms with Crippen molar-refractivity contribution in [3.8, 4) is 0 Å². The first-order valence-electron chi connectivity index (χ1n) is 6.69. The predicted molar refractivity (Wildman–Crippen MR) is 76.9 cm³/mol. The Hall–Kier alpha value is -2.70. The fraction of sp³-hybridized carbons (Fsp3) is 0.286. The molecular formula is C14H15N5O2. The monoisotopic (exact) mass is 285 g/mol. The molecule has 1 atom stereocenters. The van der Waals surface area contributed by atoms with Crippen molar-refractivity contribution in [3.05, 3.63) is 30.1 Å². The molecule has 21 heavy (non-hydrogen) atoms. The molecule has 1 aromatic carbocycles. The molecule has 2 amide bonds. The zero-order valence-corrected chi connectivity index (χ0v) is 11.3. The number of rotatable bonds is 3. The first-order chi connectivity index (χ1) is 10.1. The summed E-state index contributed by atoms with van der Waals surface area (Å²) in [7, 11) is 0. The van der Waals surface area contributed by atoms with Crippen molar-refractivity contribution in [1.29, 1.82) is 0 Å². The Balaban J connectivity index is 1.72. The van der Waals surface area contributed by atoms with E-state index in [0.717, 1.165) is 16.5 Å². The molecule has 1 aliphatic heterocycles. The number of carbonyl (C=O) groups excluding carboxylic acids is 2. The second kappa shape index (κ2) is 5.35. The molecule has 0 radical (unpaired) electrons. The molecule has 1 aliphatic rings. The van der Waals surface area contributed by atoms with Crippen molar-refractivity contribution in [1.82, 2.24) is 20.6 Å². The molecule has 0 bridgehead atoms. The van der Waals surface area contributed by atoms with E-state index in [4.69, 9.17) is 5.73 Å². The van der Waals surface area contributed by atoms with E-state index in [1.807, 2.05) is 18.2 Å². The van der Waals surface area contributed by atoms with Crippen molar-refractivity contribution in [2.45, 2.75) is 13.0 Å². The molecule has 1 fully saturated rings. The van der Waals surface area contributed by atoms with Gasteiger partial charge in [-0.15, -0.1) is 0 Å². The zero-order chi connectivity index (χ0) is 14.8. The third-order valence-electron chi connectivity index (χ3n) is 3.56. The molecule has 4 N–H and O–H groups in total. The molecule has 1 saturated heterocycles. The van der Waals surface area contributed by atoms with E-state index in [2.05, 4.69) is 20.6 Å². The Morgan fingerprint density at radius 1 is 1.43 bits per heavy atom. The van der Waals surface area contributed by atoms with Crippen LogP contribution in [0.15, 0.2) is 24.5 Å². The molecular weight excluding hydrogens is 270 g/mol. The number of nitrogens with zero attached hydrogens (tertiary/aromatic N) is 2. The minimum absolute atomic E-state index is 0.205. The molecule has 0 spiro atoms. The van der Waals surface area contributed by atoms with E-state index < -0.39 is 5.92 Å². The quantitative estimate of drug-likeness (QED) is 0.686. The van der Waals surface area contributed by atoms with E-state index in [-0.39, 0.29) is 11.8 Å². The fourth-order valence-electron chi connectivity index (χ4n) is 2.39. The van der Waals surface area contributed by atoms with E-state index in [0.29, 0.717) is 25.3 Å². The van der Waals surface area contributed by atoms with Gasteiger partial charge >= 0.3 is 0 Å². The van der Waals surface area contributed by atoms with Crippen LogP contribution < -0.4 is 16.4 Å². The Kier molecular flexibility index (Phi) is 3.39. The average molecular weight is 285 g/mol. The van der Waals surface area contributed by atoms with Gasteiger partial charge < -0.3 is 16.4 Å². The van der Waals surface area contributed by atoms with Crippen molar-refractivity contribution in [2.75, 3.05) is 12.3 Å². The van der Waals surface area contributed by atoms with E-state index in [1.54, 1.807) is 0 Å². The molecule has 0 aliphatic carbocycles. The predicted octanol–water partition coefficient (Wildman–Crippen LogP) is -0.0357. The van der Waals surface area contributed by atoms with Gasteiger partial charge in [0.2, 0.25) is 11.8 Å². The summed E-state index contributed by atoms with van der Waals surface area (Å²) in [4.78, 5) is 31.4. The topological polar surface area (TPSA) is 110 Å². The standard InChI is InChI=1S/C14H15N5O2/c15-12-10-5-8(1-2-11(10)18-7-19-12)6-17-14(21)9-3-4-16-13(9)20/h1-2,5,7,9H,3-4,6H2,(H,16,20)(H,17,21)(H2,15,18,19)/t9-/m0/s1. The highest BCUT2D eigenvalue weighted by Crippen LogP contribution is 2.18. The van der Waals surface area contributed by atoms with Crippen LogP contribution in [0, 0.1) is 5.92 Å². The Labute approximate surface area is 120 Å². The van der Waals surface area contributed by atoms with Crippen molar-refractivity contribution in [2.24, 2.45) is 5.92 Å². The van der Waals surface area contributed by atoms with Gasteiger partial charge in [0.1, 0.15) is 18.1 Å². The van der Waals surface area contributed by atoms with Crippen molar-refractivity contribution in [3.63, 3.8) is 0 Å². The van der Waals surface area contributed by atoms with Crippen LogP contribution >= 0.6 is 0 Å². The molecule has 2 aromatic rings. The van der Waals surface area contributed by atoms with Crippen LogP contribution in [0.3, 0.4) is 0 Å². The molecule has 2 heterocycles. The summed E-state index contributed by atoms with van der Waals surface area (Å²) in [6, 6.07) is 5.54. The minimum atomic E-state index is -0.584. The number of anilines is 1. The van der Waals surface area contributed by atoms with Gasteiger partial charge in [-0.05, 0) is 24.1 Å². The first kappa shape index (κ1) is 13.3. The lowest BCUT2D eigenvalue weighted by Crippen LogP contribution is -2.34. The highest BCUT2D eigenvalue weighted by molar-refractivity contribution is 6.01. The normalized spacial score (nSPS) is 17.7. The molecule has 3 rings (SSSR count). The lowest BCUT2D eigenvalue weighted by atomic mass is 10.1. The van der Waals surface area contributed by atoms with Crippen LogP contribution in [0.2, 0.25) is 0 Å². The number of hydrogen-bond donors (Lipinski definition) is 3. The maximum absolute atomic E-state index is 11.9. The third-order valence-corrected chi connectivity index (χ3v) is 3.56. The summed E-state index contributed by atoms with van der Waals surface area (Å²) in [6.45, 7) is 0.896. The van der Waals surface area contributed by atoms with Gasteiger partial charge in [0, 0.05) is 18.5 Å². The van der Waals surface area contributed by atoms with Gasteiger partial charge in [-0.25, -0.2) is 9.97 Å². The summed E-state index contributed by atoms with van der Waals surface area (Å²) in [5, 5.41) is 6.17. The molecule has 0 saturated carbocycles. The van der Waals surface area contributed by atoms with Gasteiger partial charge in [-0.1, -0.05) is 6.07 Å². The number of aromatic nitrogens is 2. The van der Waals surface area contributed by atoms with Gasteiger partial charge in [0.15, 0.2) is 0 Å². The van der Waals surface area contributed by atoms with Gasteiger partial charge in [0.25, 0.3) is 0 Å². The zero-order valence-electron chi connectivity index (χ0n) is 11.3. The van der Waals surface area contributed by atoms with E-state index in [9.17, 15) is 9.59 Å². The lowest BCUT2D eigenvalue weighted by Gasteiger charge is -2.09. The Bertz CT molecular complexity index is 716. The van der Waals surface area contributed by atoms with Crippen LogP contribution in [-0.4, -0.2) is 28.3 Å². The molecule has 108 valence electrons. The summed E-state index contributed by atoms with van der Waals surface area (Å²) < 4.78 is 0. The number of nitrogens with two attached hydrogens (primary N) is 1. The van der Waals surface area contributed by atoms with Crippen molar-refractivity contribution < 1.29 is 9.59 Å². The molecule has 7 nitrogen and oxygen atoms in total. The highest BCUT2D eigenvalue weighted by Gasteiger charge is 2.30. The second-order valence-corrected chi connectivity index (χ2v) is 4.96. The van der Waals surface area contributed by atoms with Crippen LogP contribution in [0.5, 0.6) is 0 Å². The summed E-state index contributed by atoms with van der Waals surface area (Å²) in [6.07, 6.45) is 1.96. The van der Waals surface area contributed by atoms with Crippen LogP contribution in [-0.2, 0) is 16.1 Å². The number of benzene rings is 1. The third kappa shape index (κ3) is 2.62. The largest absolute Gasteiger partial charge is 0.383 e. The molecule has 7 heteroatoms. The SMILES string of the molecule is Nc1ncnc2ccc(CNC(=O)[C@H]3CCNC3=O)cc12. The average Bonchev–Trinajstić information content (AvgIpc) is 2.92. The minimum Gasteiger partial charge on any atom is -0.383 e. The number of fused-ring (bicyclic) bond motifs is 1. The van der Waals surface area contributed by atoms with Gasteiger partial charge in [0.05, 0.1) is 5.52 Å². The van der Waals surface area contributed by atoms with Crippen LogP contribution in [0.4, 0.5) is 5.82 Å². The number of hydrogen-bond acceptors (Lipinski definition) is 5. The Morgan fingerprint density at radius 3 is 3.05 bits per heavy atom. The summed E-state index contributed by atoms with van der Waals surface area (Å²) in [5.41, 5.74) is 7.45. The second-order valence-electron chi connectivity index (χ2n) is 4.96. The molecule has 1 aromatic heterocycles. The Morgan fingerprint density at radius 2 is 2.29 bits per heavy atom. The first-order valence-corrected chi connectivity index (χ1v) is 6.69. The van der Waals surface area contributed by atoms with Crippen LogP contribution in [0.25, 0.3) is 10.9 Å².